The number of H-pyrrole nitrogens is 1. The molecule has 7 heteroatoms. The van der Waals surface area contributed by atoms with Gasteiger partial charge in [0.25, 0.3) is 5.91 Å². The zero-order valence-electron chi connectivity index (χ0n) is 18.6. The van der Waals surface area contributed by atoms with Gasteiger partial charge in [0.2, 0.25) is 0 Å². The van der Waals surface area contributed by atoms with Crippen LogP contribution in [0, 0.1) is 10.8 Å². The molecule has 0 spiro atoms. The molecule has 3 aliphatic rings. The third kappa shape index (κ3) is 3.88. The van der Waals surface area contributed by atoms with Crippen LogP contribution < -0.4 is 0 Å². The van der Waals surface area contributed by atoms with Crippen molar-refractivity contribution in [1.29, 1.82) is 0 Å². The summed E-state index contributed by atoms with van der Waals surface area (Å²) in [6.45, 7) is 14.2. The van der Waals surface area contributed by atoms with E-state index in [1.807, 2.05) is 25.7 Å². The molecule has 1 aliphatic carbocycles. The van der Waals surface area contributed by atoms with Gasteiger partial charge in [0, 0.05) is 36.8 Å². The Kier molecular flexibility index (Phi) is 4.52. The molecule has 29 heavy (non-hydrogen) atoms. The minimum Gasteiger partial charge on any atom is -0.444 e. The number of fused-ring (bicyclic) bond motifs is 3. The van der Waals surface area contributed by atoms with Gasteiger partial charge < -0.3 is 14.5 Å². The lowest BCUT2D eigenvalue weighted by Gasteiger charge is -2.39. The number of amides is 2. The maximum atomic E-state index is 13.5. The Balaban J connectivity index is 1.54. The van der Waals surface area contributed by atoms with Crippen molar-refractivity contribution < 1.29 is 14.3 Å². The summed E-state index contributed by atoms with van der Waals surface area (Å²) in [6.07, 6.45) is 3.56. The molecule has 7 nitrogen and oxygen atoms in total. The molecular weight excluding hydrogens is 368 g/mol. The molecule has 2 unspecified atom stereocenters. The summed E-state index contributed by atoms with van der Waals surface area (Å²) in [5.41, 5.74) is 2.18. The second kappa shape index (κ2) is 6.47. The van der Waals surface area contributed by atoms with E-state index < -0.39 is 5.60 Å². The van der Waals surface area contributed by atoms with Crippen LogP contribution in [0.5, 0.6) is 0 Å². The Hall–Kier alpha value is -2.05. The standard InChI is InChI=1S/C22H34N4O3/c1-20(2,3)29-19(28)25-8-7-16-15(11-25)17(24-23-16)18(27)26-13-22(6)10-14(26)9-21(4,5)12-22/h14H,7-13H2,1-6H3,(H,23,24). The highest BCUT2D eigenvalue weighted by atomic mass is 16.6. The summed E-state index contributed by atoms with van der Waals surface area (Å²) < 4.78 is 5.52. The summed E-state index contributed by atoms with van der Waals surface area (Å²) >= 11 is 0. The number of likely N-dealkylation sites (tertiary alicyclic amines) is 1. The fourth-order valence-electron chi connectivity index (χ4n) is 5.79. The Morgan fingerprint density at radius 3 is 2.62 bits per heavy atom. The van der Waals surface area contributed by atoms with Crippen LogP contribution in [0.3, 0.4) is 0 Å². The van der Waals surface area contributed by atoms with E-state index in [2.05, 4.69) is 31.0 Å². The molecule has 0 radical (unpaired) electrons. The van der Waals surface area contributed by atoms with Gasteiger partial charge in [0.15, 0.2) is 5.69 Å². The second-order valence-corrected chi connectivity index (χ2v) is 11.3. The van der Waals surface area contributed by atoms with Gasteiger partial charge in [-0.3, -0.25) is 9.89 Å². The number of nitrogens with one attached hydrogen (secondary N) is 1. The second-order valence-electron chi connectivity index (χ2n) is 11.3. The Bertz CT molecular complexity index is 838. The summed E-state index contributed by atoms with van der Waals surface area (Å²) in [4.78, 5) is 29.7. The van der Waals surface area contributed by atoms with Crippen LogP contribution in [0.2, 0.25) is 0 Å². The third-order valence-electron chi connectivity index (χ3n) is 6.46. The molecule has 3 heterocycles. The molecule has 2 amide bonds. The van der Waals surface area contributed by atoms with E-state index in [4.69, 9.17) is 4.74 Å². The minimum absolute atomic E-state index is 0.0000336. The van der Waals surface area contributed by atoms with Gasteiger partial charge in [0.05, 0.1) is 6.54 Å². The van der Waals surface area contributed by atoms with Gasteiger partial charge in [-0.1, -0.05) is 20.8 Å². The van der Waals surface area contributed by atoms with E-state index in [0.29, 0.717) is 25.2 Å². The Labute approximate surface area is 173 Å². The van der Waals surface area contributed by atoms with Gasteiger partial charge in [-0.15, -0.1) is 0 Å². The average molecular weight is 403 g/mol. The van der Waals surface area contributed by atoms with Gasteiger partial charge in [-0.25, -0.2) is 4.79 Å². The number of carbonyl (C=O) groups excluding carboxylic acids is 2. The van der Waals surface area contributed by atoms with Crippen molar-refractivity contribution in [2.45, 2.75) is 85.4 Å². The topological polar surface area (TPSA) is 78.5 Å². The largest absolute Gasteiger partial charge is 0.444 e. The number of aromatic nitrogens is 2. The SMILES string of the molecule is CC1(C)CC2CC(C)(CN2C(=O)c2n[nH]c3c2CN(C(=O)OC(C)(C)C)CC3)C1. The molecule has 1 N–H and O–H groups in total. The van der Waals surface area contributed by atoms with E-state index in [0.717, 1.165) is 37.1 Å². The van der Waals surface area contributed by atoms with Crippen molar-refractivity contribution in [2.24, 2.45) is 10.8 Å². The predicted octanol–water partition coefficient (Wildman–Crippen LogP) is 3.74. The lowest BCUT2D eigenvalue weighted by Crippen LogP contribution is -2.41. The number of carbonyl (C=O) groups is 2. The highest BCUT2D eigenvalue weighted by Crippen LogP contribution is 2.52. The quantitative estimate of drug-likeness (QED) is 0.776. The summed E-state index contributed by atoms with van der Waals surface area (Å²) in [6, 6.07) is 0.272. The fourth-order valence-corrected chi connectivity index (χ4v) is 5.79. The van der Waals surface area contributed by atoms with Gasteiger partial charge in [0.1, 0.15) is 5.60 Å². The van der Waals surface area contributed by atoms with Crippen LogP contribution in [0.4, 0.5) is 4.79 Å². The monoisotopic (exact) mass is 402 g/mol. The summed E-state index contributed by atoms with van der Waals surface area (Å²) in [7, 11) is 0. The molecule has 2 bridgehead atoms. The first kappa shape index (κ1) is 20.2. The number of aromatic amines is 1. The Morgan fingerprint density at radius 1 is 1.21 bits per heavy atom. The van der Waals surface area contributed by atoms with E-state index in [1.165, 1.54) is 0 Å². The molecule has 0 aromatic carbocycles. The van der Waals surface area contributed by atoms with Crippen molar-refractivity contribution in [3.63, 3.8) is 0 Å². The van der Waals surface area contributed by atoms with Crippen molar-refractivity contribution in [3.8, 4) is 0 Å². The van der Waals surface area contributed by atoms with E-state index in [-0.39, 0.29) is 28.9 Å². The third-order valence-corrected chi connectivity index (χ3v) is 6.46. The van der Waals surface area contributed by atoms with Crippen molar-refractivity contribution >= 4 is 12.0 Å². The number of rotatable bonds is 1. The van der Waals surface area contributed by atoms with Crippen molar-refractivity contribution in [1.82, 2.24) is 20.0 Å². The minimum atomic E-state index is -0.540. The summed E-state index contributed by atoms with van der Waals surface area (Å²) in [5, 5.41) is 7.44. The van der Waals surface area contributed by atoms with Gasteiger partial charge in [-0.05, 0) is 50.9 Å². The molecule has 1 saturated heterocycles. The van der Waals surface area contributed by atoms with Crippen LogP contribution in [0.15, 0.2) is 0 Å². The van der Waals surface area contributed by atoms with Gasteiger partial charge >= 0.3 is 6.09 Å². The molecule has 2 aliphatic heterocycles. The molecular formula is C22H34N4O3. The number of hydrogen-bond donors (Lipinski definition) is 1. The first-order valence-corrected chi connectivity index (χ1v) is 10.7. The first-order chi connectivity index (χ1) is 13.4. The van der Waals surface area contributed by atoms with Crippen molar-refractivity contribution in [2.75, 3.05) is 13.1 Å². The maximum Gasteiger partial charge on any atom is 0.410 e. The molecule has 160 valence electrons. The predicted molar refractivity (Wildman–Crippen MR) is 109 cm³/mol. The maximum absolute atomic E-state index is 13.5. The molecule has 1 saturated carbocycles. The molecule has 1 aromatic rings. The number of ether oxygens (including phenoxy) is 1. The summed E-state index contributed by atoms with van der Waals surface area (Å²) in [5.74, 6) is -0.0000336. The fraction of sp³-hybridized carbons (Fsp3) is 0.773. The zero-order valence-corrected chi connectivity index (χ0v) is 18.6. The van der Waals surface area contributed by atoms with Crippen LogP contribution in [-0.2, 0) is 17.7 Å². The van der Waals surface area contributed by atoms with Crippen LogP contribution in [-0.4, -0.2) is 56.7 Å². The molecule has 2 fully saturated rings. The Morgan fingerprint density at radius 2 is 1.93 bits per heavy atom. The van der Waals surface area contributed by atoms with Crippen LogP contribution >= 0.6 is 0 Å². The number of nitrogens with zero attached hydrogens (tertiary/aromatic N) is 3. The van der Waals surface area contributed by atoms with E-state index in [9.17, 15) is 9.59 Å². The normalized spacial score (nSPS) is 28.3. The molecule has 4 rings (SSSR count). The number of hydrogen-bond acceptors (Lipinski definition) is 4. The van der Waals surface area contributed by atoms with E-state index in [1.54, 1.807) is 4.90 Å². The van der Waals surface area contributed by atoms with Gasteiger partial charge in [-0.2, -0.15) is 5.10 Å². The lowest BCUT2D eigenvalue weighted by molar-refractivity contribution is 0.0221. The zero-order chi connectivity index (χ0) is 21.2. The lowest BCUT2D eigenvalue weighted by atomic mass is 9.65. The smallest absolute Gasteiger partial charge is 0.410 e. The van der Waals surface area contributed by atoms with Crippen molar-refractivity contribution in [3.05, 3.63) is 17.0 Å². The average Bonchev–Trinajstić information content (AvgIpc) is 3.09. The highest BCUT2D eigenvalue weighted by Gasteiger charge is 2.51. The van der Waals surface area contributed by atoms with E-state index >= 15 is 0 Å². The first-order valence-electron chi connectivity index (χ1n) is 10.7. The van der Waals surface area contributed by atoms with Crippen LogP contribution in [0.25, 0.3) is 0 Å². The highest BCUT2D eigenvalue weighted by molar-refractivity contribution is 5.94. The molecule has 2 atom stereocenters. The van der Waals surface area contributed by atoms with Crippen LogP contribution in [0.1, 0.15) is 82.6 Å². The molecule has 1 aromatic heterocycles.